The van der Waals surface area contributed by atoms with Crippen LogP contribution in [0.3, 0.4) is 0 Å². The topological polar surface area (TPSA) is 101 Å². The number of nitrogens with one attached hydrogen (secondary N) is 1. The zero-order valence-electron chi connectivity index (χ0n) is 17.1. The van der Waals surface area contributed by atoms with Gasteiger partial charge in [-0.1, -0.05) is 6.58 Å². The number of rotatable bonds is 5. The molecule has 5 rings (SSSR count). The van der Waals surface area contributed by atoms with E-state index in [1.54, 1.807) is 15.6 Å². The summed E-state index contributed by atoms with van der Waals surface area (Å²) in [5, 5.41) is 7.62. The van der Waals surface area contributed by atoms with Gasteiger partial charge in [-0.15, -0.1) is 0 Å². The van der Waals surface area contributed by atoms with E-state index < -0.39 is 0 Å². The molecule has 31 heavy (non-hydrogen) atoms. The van der Waals surface area contributed by atoms with Crippen LogP contribution < -0.4 is 10.2 Å². The number of hydrogen-bond acceptors (Lipinski definition) is 8. The van der Waals surface area contributed by atoms with Gasteiger partial charge in [0.2, 0.25) is 5.91 Å². The molecule has 2 fully saturated rings. The van der Waals surface area contributed by atoms with Gasteiger partial charge in [0.05, 0.1) is 25.1 Å². The van der Waals surface area contributed by atoms with E-state index >= 15 is 0 Å². The highest BCUT2D eigenvalue weighted by atomic mass is 16.5. The van der Waals surface area contributed by atoms with Crippen molar-refractivity contribution in [1.29, 1.82) is 0 Å². The molecule has 3 aromatic rings. The van der Waals surface area contributed by atoms with Crippen molar-refractivity contribution in [3.63, 3.8) is 0 Å². The Morgan fingerprint density at radius 3 is 2.97 bits per heavy atom. The van der Waals surface area contributed by atoms with Gasteiger partial charge >= 0.3 is 0 Å². The molecule has 1 N–H and O–H groups in total. The molecule has 10 heteroatoms. The van der Waals surface area contributed by atoms with Crippen molar-refractivity contribution in [1.82, 2.24) is 29.5 Å². The first kappa shape index (κ1) is 19.4. The fourth-order valence-corrected chi connectivity index (χ4v) is 4.09. The predicted octanol–water partition coefficient (Wildman–Crippen LogP) is 1.60. The Hall–Kier alpha value is -3.53. The van der Waals surface area contributed by atoms with Gasteiger partial charge in [0, 0.05) is 50.0 Å². The molecule has 2 aliphatic heterocycles. The van der Waals surface area contributed by atoms with Gasteiger partial charge in [-0.2, -0.15) is 5.10 Å². The average Bonchev–Trinajstić information content (AvgIpc) is 3.49. The zero-order chi connectivity index (χ0) is 21.2. The van der Waals surface area contributed by atoms with Crippen LogP contribution in [0.4, 0.5) is 17.3 Å². The molecule has 3 aromatic heterocycles. The lowest BCUT2D eigenvalue weighted by Gasteiger charge is -2.28. The highest BCUT2D eigenvalue weighted by Crippen LogP contribution is 2.29. The van der Waals surface area contributed by atoms with Gasteiger partial charge in [-0.05, 0) is 18.6 Å². The summed E-state index contributed by atoms with van der Waals surface area (Å²) in [6, 6.07) is 4.00. The lowest BCUT2D eigenvalue weighted by molar-refractivity contribution is -0.125. The van der Waals surface area contributed by atoms with E-state index in [1.165, 1.54) is 12.4 Å². The molecule has 1 atom stereocenters. The van der Waals surface area contributed by atoms with Crippen LogP contribution in [-0.4, -0.2) is 74.8 Å². The Bertz CT molecular complexity index is 1110. The largest absolute Gasteiger partial charge is 0.378 e. The minimum Gasteiger partial charge on any atom is -0.378 e. The van der Waals surface area contributed by atoms with Gasteiger partial charge in [-0.3, -0.25) is 4.79 Å². The Kier molecular flexibility index (Phi) is 5.21. The van der Waals surface area contributed by atoms with E-state index in [0.717, 1.165) is 44.1 Å². The van der Waals surface area contributed by atoms with Gasteiger partial charge < -0.3 is 19.9 Å². The van der Waals surface area contributed by atoms with Crippen molar-refractivity contribution in [2.75, 3.05) is 49.6 Å². The van der Waals surface area contributed by atoms with Crippen molar-refractivity contribution in [2.24, 2.45) is 0 Å². The molecule has 0 spiro atoms. The molecule has 0 radical (unpaired) electrons. The number of likely N-dealkylation sites (tertiary alicyclic amines) is 1. The number of morpholine rings is 1. The summed E-state index contributed by atoms with van der Waals surface area (Å²) in [5.74, 6) is 1.36. The molecule has 0 aliphatic carbocycles. The third-order valence-corrected chi connectivity index (χ3v) is 5.74. The normalized spacial score (nSPS) is 19.0. The molecular formula is C21H24N8O2. The smallest absolute Gasteiger partial charge is 0.245 e. The van der Waals surface area contributed by atoms with E-state index in [-0.39, 0.29) is 11.8 Å². The molecule has 0 bridgehead atoms. The predicted molar refractivity (Wildman–Crippen MR) is 115 cm³/mol. The Balaban J connectivity index is 1.42. The maximum absolute atomic E-state index is 12.0. The molecule has 10 nitrogen and oxygen atoms in total. The number of pyridine rings is 1. The fourth-order valence-electron chi connectivity index (χ4n) is 4.09. The molecule has 2 saturated heterocycles. The van der Waals surface area contributed by atoms with Crippen molar-refractivity contribution in [3.05, 3.63) is 49.2 Å². The minimum atomic E-state index is -0.0492. The van der Waals surface area contributed by atoms with Crippen LogP contribution in [-0.2, 0) is 9.53 Å². The van der Waals surface area contributed by atoms with Gasteiger partial charge in [-0.25, -0.2) is 19.5 Å². The van der Waals surface area contributed by atoms with Crippen LogP contribution in [0.15, 0.2) is 43.5 Å². The van der Waals surface area contributed by atoms with E-state index in [9.17, 15) is 4.79 Å². The number of carbonyl (C=O) groups excluding carboxylic acids is 1. The number of nitrogens with zero attached hydrogens (tertiary/aromatic N) is 7. The quantitative estimate of drug-likeness (QED) is 0.621. The summed E-state index contributed by atoms with van der Waals surface area (Å²) < 4.78 is 7.16. The van der Waals surface area contributed by atoms with Crippen LogP contribution in [0.25, 0.3) is 5.65 Å². The number of anilines is 3. The summed E-state index contributed by atoms with van der Waals surface area (Å²) >= 11 is 0. The van der Waals surface area contributed by atoms with Crippen LogP contribution >= 0.6 is 0 Å². The highest BCUT2D eigenvalue weighted by molar-refractivity contribution is 5.87. The molecule has 0 aromatic carbocycles. The van der Waals surface area contributed by atoms with Crippen LogP contribution in [0.2, 0.25) is 0 Å². The van der Waals surface area contributed by atoms with Crippen molar-refractivity contribution >= 4 is 28.9 Å². The summed E-state index contributed by atoms with van der Waals surface area (Å²) in [6.07, 6.45) is 7.38. The Morgan fingerprint density at radius 2 is 2.13 bits per heavy atom. The molecule has 1 amide bonds. The van der Waals surface area contributed by atoms with Crippen LogP contribution in [0.5, 0.6) is 0 Å². The standard InChI is InChI=1S/C21H24N8O2/c1-2-19(30)28-6-4-15(12-28)17-13-29-21(23-14-24-29)20(25-17)26-18-11-16(3-5-22-18)27-7-9-31-10-8-27/h2-3,5,11,13-15H,1,4,6-10,12H2,(H,22,25,26). The monoisotopic (exact) mass is 420 g/mol. The first-order valence-corrected chi connectivity index (χ1v) is 10.4. The Labute approximate surface area is 179 Å². The third-order valence-electron chi connectivity index (χ3n) is 5.74. The minimum absolute atomic E-state index is 0.0492. The molecule has 2 aliphatic rings. The third kappa shape index (κ3) is 3.93. The number of hydrogen-bond donors (Lipinski definition) is 1. The number of amides is 1. The van der Waals surface area contributed by atoms with Gasteiger partial charge in [0.15, 0.2) is 11.5 Å². The Morgan fingerprint density at radius 1 is 1.26 bits per heavy atom. The fraction of sp³-hybridized carbons (Fsp3) is 0.381. The summed E-state index contributed by atoms with van der Waals surface area (Å²) in [4.78, 5) is 29.7. The maximum atomic E-state index is 12.0. The summed E-state index contributed by atoms with van der Waals surface area (Å²) in [7, 11) is 0. The zero-order valence-corrected chi connectivity index (χ0v) is 17.1. The second-order valence-corrected chi connectivity index (χ2v) is 7.64. The van der Waals surface area contributed by atoms with Gasteiger partial charge in [0.1, 0.15) is 12.1 Å². The van der Waals surface area contributed by atoms with Crippen LogP contribution in [0, 0.1) is 0 Å². The SMILES string of the molecule is C=CC(=O)N1CCC(c2cn3ncnc3c(Nc3cc(N4CCOCC4)ccn3)n2)C1. The van der Waals surface area contributed by atoms with Crippen molar-refractivity contribution in [2.45, 2.75) is 12.3 Å². The second-order valence-electron chi connectivity index (χ2n) is 7.64. The van der Waals surface area contributed by atoms with Crippen molar-refractivity contribution < 1.29 is 9.53 Å². The lowest BCUT2D eigenvalue weighted by Crippen LogP contribution is -2.36. The molecule has 160 valence electrons. The van der Waals surface area contributed by atoms with E-state index in [0.29, 0.717) is 30.4 Å². The lowest BCUT2D eigenvalue weighted by atomic mass is 10.1. The summed E-state index contributed by atoms with van der Waals surface area (Å²) in [5.41, 5.74) is 2.58. The summed E-state index contributed by atoms with van der Waals surface area (Å²) in [6.45, 7) is 8.05. The molecule has 0 saturated carbocycles. The van der Waals surface area contributed by atoms with E-state index in [2.05, 4.69) is 31.9 Å². The first-order valence-electron chi connectivity index (χ1n) is 10.4. The van der Waals surface area contributed by atoms with E-state index in [4.69, 9.17) is 9.72 Å². The average molecular weight is 420 g/mol. The van der Waals surface area contributed by atoms with E-state index in [1.807, 2.05) is 18.3 Å². The number of carbonyl (C=O) groups is 1. The van der Waals surface area contributed by atoms with Crippen molar-refractivity contribution in [3.8, 4) is 0 Å². The number of ether oxygens (including phenoxy) is 1. The highest BCUT2D eigenvalue weighted by Gasteiger charge is 2.28. The van der Waals surface area contributed by atoms with Gasteiger partial charge in [0.25, 0.3) is 0 Å². The van der Waals surface area contributed by atoms with Crippen LogP contribution in [0.1, 0.15) is 18.0 Å². The molecular weight excluding hydrogens is 396 g/mol. The molecule has 5 heterocycles. The second kappa shape index (κ2) is 8.31. The first-order chi connectivity index (χ1) is 15.2. The molecule has 1 unspecified atom stereocenters. The maximum Gasteiger partial charge on any atom is 0.245 e. The number of aromatic nitrogens is 5. The number of fused-ring (bicyclic) bond motifs is 1.